The van der Waals surface area contributed by atoms with Crippen LogP contribution in [0.3, 0.4) is 0 Å². The van der Waals surface area contributed by atoms with Crippen LogP contribution in [0, 0.1) is 6.92 Å². The van der Waals surface area contributed by atoms with Gasteiger partial charge < -0.3 is 14.6 Å². The number of ether oxygens (including phenoxy) is 1. The Morgan fingerprint density at radius 3 is 2.84 bits per heavy atom. The maximum absolute atomic E-state index is 11.8. The Kier molecular flexibility index (Phi) is 4.30. The molecule has 0 atom stereocenters. The molecule has 2 aromatic rings. The fourth-order valence-corrected chi connectivity index (χ4v) is 1.74. The smallest absolute Gasteiger partial charge is 0.290 e. The summed E-state index contributed by atoms with van der Waals surface area (Å²) in [5.74, 6) is -0.0386. The standard InChI is InChI=1S/C14H16N2O3/c1-10-6-13(19-16-10)14(17)15-8-11-4-3-5-12(7-11)9-18-2/h3-7H,8-9H2,1-2H3,(H,15,17). The molecule has 0 bridgehead atoms. The first-order valence-electron chi connectivity index (χ1n) is 5.97. The Labute approximate surface area is 111 Å². The minimum absolute atomic E-state index is 0.227. The minimum Gasteiger partial charge on any atom is -0.380 e. The average Bonchev–Trinajstić information content (AvgIpc) is 2.84. The molecule has 5 nitrogen and oxygen atoms in total. The van der Waals surface area contributed by atoms with Gasteiger partial charge in [-0.2, -0.15) is 0 Å². The molecule has 2 rings (SSSR count). The zero-order valence-electron chi connectivity index (χ0n) is 11.0. The average molecular weight is 260 g/mol. The summed E-state index contributed by atoms with van der Waals surface area (Å²) in [7, 11) is 1.65. The van der Waals surface area contributed by atoms with Gasteiger partial charge in [0.05, 0.1) is 12.3 Å². The highest BCUT2D eigenvalue weighted by Gasteiger charge is 2.10. The molecule has 0 fully saturated rings. The summed E-state index contributed by atoms with van der Waals surface area (Å²) >= 11 is 0. The molecule has 0 radical (unpaired) electrons. The first-order valence-corrected chi connectivity index (χ1v) is 5.97. The van der Waals surface area contributed by atoms with Crippen molar-refractivity contribution in [2.45, 2.75) is 20.1 Å². The fraction of sp³-hybridized carbons (Fsp3) is 0.286. The predicted octanol–water partition coefficient (Wildman–Crippen LogP) is 2.06. The van der Waals surface area contributed by atoms with Crippen LogP contribution in [0.15, 0.2) is 34.9 Å². The number of carbonyl (C=O) groups excluding carboxylic acids is 1. The molecule has 0 spiro atoms. The highest BCUT2D eigenvalue weighted by Crippen LogP contribution is 2.07. The Morgan fingerprint density at radius 2 is 2.16 bits per heavy atom. The van der Waals surface area contributed by atoms with Crippen molar-refractivity contribution in [3.05, 3.63) is 52.9 Å². The third-order valence-corrected chi connectivity index (χ3v) is 2.61. The van der Waals surface area contributed by atoms with Crippen molar-refractivity contribution in [2.24, 2.45) is 0 Å². The lowest BCUT2D eigenvalue weighted by Gasteiger charge is -2.05. The van der Waals surface area contributed by atoms with Crippen molar-refractivity contribution in [1.82, 2.24) is 10.5 Å². The topological polar surface area (TPSA) is 64.4 Å². The van der Waals surface area contributed by atoms with Crippen LogP contribution in [-0.2, 0) is 17.9 Å². The van der Waals surface area contributed by atoms with Gasteiger partial charge in [-0.15, -0.1) is 0 Å². The van der Waals surface area contributed by atoms with Crippen molar-refractivity contribution >= 4 is 5.91 Å². The Hall–Kier alpha value is -2.14. The molecule has 5 heteroatoms. The van der Waals surface area contributed by atoms with Crippen molar-refractivity contribution in [3.8, 4) is 0 Å². The summed E-state index contributed by atoms with van der Waals surface area (Å²) in [5.41, 5.74) is 2.77. The molecule has 1 N–H and O–H groups in total. The number of nitrogens with zero attached hydrogens (tertiary/aromatic N) is 1. The maximum atomic E-state index is 11.8. The number of benzene rings is 1. The quantitative estimate of drug-likeness (QED) is 0.893. The first kappa shape index (κ1) is 13.3. The van der Waals surface area contributed by atoms with Gasteiger partial charge in [-0.25, -0.2) is 0 Å². The number of amides is 1. The molecule has 1 amide bonds. The van der Waals surface area contributed by atoms with Crippen LogP contribution < -0.4 is 5.32 Å². The molecule has 1 aromatic heterocycles. The van der Waals surface area contributed by atoms with Gasteiger partial charge >= 0.3 is 0 Å². The second-order valence-corrected chi connectivity index (χ2v) is 4.27. The van der Waals surface area contributed by atoms with E-state index < -0.39 is 0 Å². The number of rotatable bonds is 5. The molecular formula is C14H16N2O3. The minimum atomic E-state index is -0.266. The molecule has 1 heterocycles. The van der Waals surface area contributed by atoms with Crippen LogP contribution in [0.2, 0.25) is 0 Å². The van der Waals surface area contributed by atoms with Crippen molar-refractivity contribution in [1.29, 1.82) is 0 Å². The van der Waals surface area contributed by atoms with E-state index in [0.717, 1.165) is 11.1 Å². The van der Waals surface area contributed by atoms with E-state index in [1.807, 2.05) is 24.3 Å². The number of methoxy groups -OCH3 is 1. The molecule has 0 aliphatic carbocycles. The van der Waals surface area contributed by atoms with Gasteiger partial charge in [-0.05, 0) is 18.1 Å². The summed E-state index contributed by atoms with van der Waals surface area (Å²) in [6.07, 6.45) is 0. The monoisotopic (exact) mass is 260 g/mol. The Morgan fingerprint density at radius 1 is 1.37 bits per heavy atom. The SMILES string of the molecule is COCc1cccc(CNC(=O)c2cc(C)no2)c1. The van der Waals surface area contributed by atoms with Gasteiger partial charge in [0.1, 0.15) is 0 Å². The number of aromatic nitrogens is 1. The predicted molar refractivity (Wildman–Crippen MR) is 69.6 cm³/mol. The molecule has 100 valence electrons. The van der Waals surface area contributed by atoms with Crippen LogP contribution in [0.1, 0.15) is 27.4 Å². The van der Waals surface area contributed by atoms with Crippen LogP contribution in [0.4, 0.5) is 0 Å². The van der Waals surface area contributed by atoms with Gasteiger partial charge in [0.2, 0.25) is 5.76 Å². The first-order chi connectivity index (χ1) is 9.19. The van der Waals surface area contributed by atoms with E-state index in [1.54, 1.807) is 20.1 Å². The van der Waals surface area contributed by atoms with Gasteiger partial charge in [-0.3, -0.25) is 4.79 Å². The lowest BCUT2D eigenvalue weighted by molar-refractivity contribution is 0.0914. The second-order valence-electron chi connectivity index (χ2n) is 4.27. The summed E-state index contributed by atoms with van der Waals surface area (Å²) in [6, 6.07) is 9.47. The van der Waals surface area contributed by atoms with Gasteiger partial charge in [-0.1, -0.05) is 29.4 Å². The van der Waals surface area contributed by atoms with Crippen LogP contribution in [0.25, 0.3) is 0 Å². The van der Waals surface area contributed by atoms with Crippen molar-refractivity contribution in [3.63, 3.8) is 0 Å². The molecule has 19 heavy (non-hydrogen) atoms. The van der Waals surface area contributed by atoms with Crippen molar-refractivity contribution in [2.75, 3.05) is 7.11 Å². The van der Waals surface area contributed by atoms with E-state index in [-0.39, 0.29) is 11.7 Å². The molecule has 0 unspecified atom stereocenters. The largest absolute Gasteiger partial charge is 0.380 e. The second kappa shape index (κ2) is 6.15. The van der Waals surface area contributed by atoms with E-state index in [0.29, 0.717) is 18.8 Å². The van der Waals surface area contributed by atoms with Crippen LogP contribution in [0.5, 0.6) is 0 Å². The molecule has 0 saturated carbocycles. The van der Waals surface area contributed by atoms with Crippen molar-refractivity contribution < 1.29 is 14.1 Å². The van der Waals surface area contributed by atoms with Crippen LogP contribution >= 0.6 is 0 Å². The van der Waals surface area contributed by atoms with Gasteiger partial charge in [0, 0.05) is 19.7 Å². The molecular weight excluding hydrogens is 244 g/mol. The molecule has 1 aromatic carbocycles. The highest BCUT2D eigenvalue weighted by molar-refractivity contribution is 5.91. The van der Waals surface area contributed by atoms with E-state index in [9.17, 15) is 4.79 Å². The number of nitrogens with one attached hydrogen (secondary N) is 1. The normalized spacial score (nSPS) is 10.4. The summed E-state index contributed by atoms with van der Waals surface area (Å²) in [6.45, 7) is 2.77. The van der Waals surface area contributed by atoms with Crippen LogP contribution in [-0.4, -0.2) is 18.2 Å². The summed E-state index contributed by atoms with van der Waals surface area (Å²) in [4.78, 5) is 11.8. The fourth-order valence-electron chi connectivity index (χ4n) is 1.74. The highest BCUT2D eigenvalue weighted by atomic mass is 16.5. The Balaban J connectivity index is 1.95. The Bertz CT molecular complexity index is 563. The maximum Gasteiger partial charge on any atom is 0.290 e. The third kappa shape index (κ3) is 3.66. The third-order valence-electron chi connectivity index (χ3n) is 2.61. The lowest BCUT2D eigenvalue weighted by atomic mass is 10.1. The van der Waals surface area contributed by atoms with Gasteiger partial charge in [0.25, 0.3) is 5.91 Å². The molecule has 0 saturated heterocycles. The van der Waals surface area contributed by atoms with E-state index >= 15 is 0 Å². The number of hydrogen-bond acceptors (Lipinski definition) is 4. The molecule has 0 aliphatic heterocycles. The summed E-state index contributed by atoms with van der Waals surface area (Å²) in [5, 5.41) is 6.46. The zero-order chi connectivity index (χ0) is 13.7. The van der Waals surface area contributed by atoms with E-state index in [4.69, 9.17) is 9.26 Å². The zero-order valence-corrected chi connectivity index (χ0v) is 11.0. The lowest BCUT2D eigenvalue weighted by Crippen LogP contribution is -2.22. The number of hydrogen-bond donors (Lipinski definition) is 1. The number of carbonyl (C=O) groups is 1. The number of aryl methyl sites for hydroxylation is 1. The van der Waals surface area contributed by atoms with E-state index in [2.05, 4.69) is 10.5 Å². The summed E-state index contributed by atoms with van der Waals surface area (Å²) < 4.78 is 9.96. The van der Waals surface area contributed by atoms with Gasteiger partial charge in [0.15, 0.2) is 0 Å². The van der Waals surface area contributed by atoms with E-state index in [1.165, 1.54) is 0 Å². The molecule has 0 aliphatic rings.